The van der Waals surface area contributed by atoms with Crippen molar-refractivity contribution >= 4 is 11.9 Å². The molecule has 1 aromatic heterocycles. The third-order valence-corrected chi connectivity index (χ3v) is 5.50. The largest absolute Gasteiger partial charge is 0.443 e. The molecule has 1 saturated heterocycles. The molecule has 1 amide bonds. The number of likely N-dealkylation sites (tertiary alicyclic amines) is 1. The van der Waals surface area contributed by atoms with Crippen LogP contribution in [0.4, 0.5) is 10.6 Å². The van der Waals surface area contributed by atoms with Gasteiger partial charge >= 0.3 is 6.09 Å². The van der Waals surface area contributed by atoms with Gasteiger partial charge < -0.3 is 4.74 Å². The lowest BCUT2D eigenvalue weighted by molar-refractivity contribution is 0.0576. The minimum Gasteiger partial charge on any atom is -0.443 e. The van der Waals surface area contributed by atoms with Gasteiger partial charge in [-0.05, 0) is 70.2 Å². The van der Waals surface area contributed by atoms with E-state index < -0.39 is 5.60 Å². The standard InChI is InChI=1S/C24H31N3O2/c1-24(2,3)29-23(28)27(20-12-13-20)22-14-11-19(16-25-22)21-10-7-15-26(21)17-18-8-5-4-6-9-18/h4-6,8-9,11,14,16,20-21H,7,10,12-13,15,17H2,1-3H3/t21-/m1/s1. The van der Waals surface area contributed by atoms with E-state index >= 15 is 0 Å². The molecule has 2 aromatic rings. The molecule has 2 fully saturated rings. The van der Waals surface area contributed by atoms with Gasteiger partial charge in [-0.3, -0.25) is 9.80 Å². The summed E-state index contributed by atoms with van der Waals surface area (Å²) in [5.41, 5.74) is 2.06. The molecule has 5 nitrogen and oxygen atoms in total. The van der Waals surface area contributed by atoms with Gasteiger partial charge in [0.05, 0.1) is 0 Å². The zero-order valence-electron chi connectivity index (χ0n) is 17.7. The van der Waals surface area contributed by atoms with Crippen molar-refractivity contribution in [3.63, 3.8) is 0 Å². The minimum atomic E-state index is -0.508. The fraction of sp³-hybridized carbons (Fsp3) is 0.500. The predicted molar refractivity (Wildman–Crippen MR) is 115 cm³/mol. The highest BCUT2D eigenvalue weighted by atomic mass is 16.6. The number of carbonyl (C=O) groups excluding carboxylic acids is 1. The Morgan fingerprint density at radius 3 is 2.52 bits per heavy atom. The number of nitrogens with zero attached hydrogens (tertiary/aromatic N) is 3. The van der Waals surface area contributed by atoms with Gasteiger partial charge in [0.25, 0.3) is 0 Å². The molecule has 154 valence electrons. The zero-order chi connectivity index (χ0) is 20.4. The second-order valence-electron chi connectivity index (χ2n) is 9.15. The fourth-order valence-electron chi connectivity index (χ4n) is 4.02. The topological polar surface area (TPSA) is 45.7 Å². The first-order valence-electron chi connectivity index (χ1n) is 10.7. The molecule has 0 N–H and O–H groups in total. The van der Waals surface area contributed by atoms with Crippen LogP contribution in [0.25, 0.3) is 0 Å². The summed E-state index contributed by atoms with van der Waals surface area (Å²) in [6, 6.07) is 15.3. The molecule has 0 spiro atoms. The highest BCUT2D eigenvalue weighted by Crippen LogP contribution is 2.35. The Bertz CT molecular complexity index is 825. The number of carbonyl (C=O) groups is 1. The molecular formula is C24H31N3O2. The summed E-state index contributed by atoms with van der Waals surface area (Å²) >= 11 is 0. The van der Waals surface area contributed by atoms with E-state index in [0.717, 1.165) is 32.4 Å². The monoisotopic (exact) mass is 393 g/mol. The van der Waals surface area contributed by atoms with E-state index in [1.807, 2.05) is 33.0 Å². The fourth-order valence-corrected chi connectivity index (χ4v) is 4.02. The summed E-state index contributed by atoms with van der Waals surface area (Å²) in [6.45, 7) is 7.75. The SMILES string of the molecule is CC(C)(C)OC(=O)N(c1ccc([C@H]2CCCN2Cc2ccccc2)cn1)C1CC1. The van der Waals surface area contributed by atoms with E-state index in [1.54, 1.807) is 4.90 Å². The number of pyridine rings is 1. The molecule has 1 aromatic carbocycles. The average Bonchev–Trinajstić information content (AvgIpc) is 3.40. The maximum absolute atomic E-state index is 12.7. The van der Waals surface area contributed by atoms with E-state index in [4.69, 9.17) is 4.74 Å². The van der Waals surface area contributed by atoms with Crippen LogP contribution in [0.15, 0.2) is 48.7 Å². The van der Waals surface area contributed by atoms with Crippen LogP contribution in [0.1, 0.15) is 63.6 Å². The number of rotatable bonds is 5. The van der Waals surface area contributed by atoms with Crippen molar-refractivity contribution in [2.75, 3.05) is 11.4 Å². The van der Waals surface area contributed by atoms with Crippen LogP contribution >= 0.6 is 0 Å². The molecule has 1 aliphatic heterocycles. The first kappa shape index (κ1) is 19.9. The van der Waals surface area contributed by atoms with E-state index in [2.05, 4.69) is 46.3 Å². The smallest absolute Gasteiger partial charge is 0.416 e. The first-order chi connectivity index (χ1) is 13.9. The third kappa shape index (κ3) is 4.96. The molecule has 1 aliphatic carbocycles. The normalized spacial score (nSPS) is 19.9. The molecular weight excluding hydrogens is 362 g/mol. The number of aromatic nitrogens is 1. The molecule has 29 heavy (non-hydrogen) atoms. The van der Waals surface area contributed by atoms with Gasteiger partial charge in [0.1, 0.15) is 11.4 Å². The van der Waals surface area contributed by atoms with Crippen LogP contribution in [0.5, 0.6) is 0 Å². The molecule has 0 bridgehead atoms. The summed E-state index contributed by atoms with van der Waals surface area (Å²) < 4.78 is 5.61. The van der Waals surface area contributed by atoms with Gasteiger partial charge in [0.2, 0.25) is 0 Å². The van der Waals surface area contributed by atoms with Gasteiger partial charge in [-0.2, -0.15) is 0 Å². The Morgan fingerprint density at radius 2 is 1.90 bits per heavy atom. The second-order valence-corrected chi connectivity index (χ2v) is 9.15. The van der Waals surface area contributed by atoms with Crippen molar-refractivity contribution in [2.45, 2.75) is 70.7 Å². The minimum absolute atomic E-state index is 0.212. The number of anilines is 1. The van der Waals surface area contributed by atoms with Gasteiger partial charge in [0.15, 0.2) is 0 Å². The maximum atomic E-state index is 12.7. The van der Waals surface area contributed by atoms with Crippen LogP contribution in [0.2, 0.25) is 0 Å². The Hall–Kier alpha value is -2.40. The van der Waals surface area contributed by atoms with Crippen molar-refractivity contribution in [3.05, 3.63) is 59.8 Å². The van der Waals surface area contributed by atoms with E-state index in [0.29, 0.717) is 11.9 Å². The number of hydrogen-bond acceptors (Lipinski definition) is 4. The zero-order valence-corrected chi connectivity index (χ0v) is 17.7. The molecule has 5 heteroatoms. The van der Waals surface area contributed by atoms with Crippen LogP contribution in [-0.2, 0) is 11.3 Å². The Kier molecular flexibility index (Phi) is 5.59. The summed E-state index contributed by atoms with van der Waals surface area (Å²) in [5, 5.41) is 0. The van der Waals surface area contributed by atoms with Crippen molar-refractivity contribution in [2.24, 2.45) is 0 Å². The van der Waals surface area contributed by atoms with Crippen molar-refractivity contribution in [3.8, 4) is 0 Å². The molecule has 1 saturated carbocycles. The van der Waals surface area contributed by atoms with Gasteiger partial charge in [-0.25, -0.2) is 9.78 Å². The van der Waals surface area contributed by atoms with Crippen molar-refractivity contribution < 1.29 is 9.53 Å². The highest BCUT2D eigenvalue weighted by molar-refractivity contribution is 5.88. The summed E-state index contributed by atoms with van der Waals surface area (Å²) in [5.74, 6) is 0.693. The number of benzene rings is 1. The molecule has 0 unspecified atom stereocenters. The van der Waals surface area contributed by atoms with E-state index in [1.165, 1.54) is 17.5 Å². The summed E-state index contributed by atoms with van der Waals surface area (Å²) in [7, 11) is 0. The molecule has 2 heterocycles. The quantitative estimate of drug-likeness (QED) is 0.689. The average molecular weight is 394 g/mol. The number of amides is 1. The van der Waals surface area contributed by atoms with Crippen LogP contribution in [0.3, 0.4) is 0 Å². The predicted octanol–water partition coefficient (Wildman–Crippen LogP) is 5.32. The lowest BCUT2D eigenvalue weighted by Gasteiger charge is -2.28. The summed E-state index contributed by atoms with van der Waals surface area (Å²) in [4.78, 5) is 21.6. The first-order valence-corrected chi connectivity index (χ1v) is 10.7. The Labute approximate surface area is 173 Å². The molecule has 2 aliphatic rings. The second kappa shape index (κ2) is 8.15. The lowest BCUT2D eigenvalue weighted by atomic mass is 10.1. The Morgan fingerprint density at radius 1 is 1.14 bits per heavy atom. The number of ether oxygens (including phenoxy) is 1. The summed E-state index contributed by atoms with van der Waals surface area (Å²) in [6.07, 6.45) is 6.01. The molecule has 0 radical (unpaired) electrons. The lowest BCUT2D eigenvalue weighted by Crippen LogP contribution is -2.38. The number of hydrogen-bond donors (Lipinski definition) is 0. The van der Waals surface area contributed by atoms with Crippen LogP contribution in [-0.4, -0.2) is 34.2 Å². The molecule has 1 atom stereocenters. The van der Waals surface area contributed by atoms with Gasteiger partial charge in [-0.1, -0.05) is 36.4 Å². The third-order valence-electron chi connectivity index (χ3n) is 5.50. The molecule has 4 rings (SSSR count). The van der Waals surface area contributed by atoms with Crippen molar-refractivity contribution in [1.82, 2.24) is 9.88 Å². The van der Waals surface area contributed by atoms with E-state index in [-0.39, 0.29) is 12.1 Å². The maximum Gasteiger partial charge on any atom is 0.416 e. The highest BCUT2D eigenvalue weighted by Gasteiger charge is 2.37. The Balaban J connectivity index is 1.48. The van der Waals surface area contributed by atoms with Gasteiger partial charge in [0, 0.05) is 24.8 Å². The van der Waals surface area contributed by atoms with Crippen LogP contribution < -0.4 is 4.90 Å². The van der Waals surface area contributed by atoms with Crippen LogP contribution in [0, 0.1) is 0 Å². The van der Waals surface area contributed by atoms with E-state index in [9.17, 15) is 4.79 Å². The van der Waals surface area contributed by atoms with Gasteiger partial charge in [-0.15, -0.1) is 0 Å². The van der Waals surface area contributed by atoms with Crippen molar-refractivity contribution in [1.29, 1.82) is 0 Å².